The molecule has 26 heavy (non-hydrogen) atoms. The van der Waals surface area contributed by atoms with Crippen molar-refractivity contribution in [3.05, 3.63) is 22.4 Å². The number of hydrogen-bond donors (Lipinski definition) is 1. The second-order valence-electron chi connectivity index (χ2n) is 7.69. The predicted molar refractivity (Wildman–Crippen MR) is 113 cm³/mol. The molecule has 1 aromatic heterocycles. The number of nitrogens with zero attached hydrogens (tertiary/aromatic N) is 2. The number of hydrogen-bond acceptors (Lipinski definition) is 4. The number of thiophene rings is 1. The first kappa shape index (κ1) is 22.0. The van der Waals surface area contributed by atoms with Crippen LogP contribution in [-0.2, 0) is 11.2 Å². The second kappa shape index (κ2) is 9.74. The van der Waals surface area contributed by atoms with Crippen molar-refractivity contribution in [2.45, 2.75) is 32.1 Å². The lowest BCUT2D eigenvalue weighted by Crippen LogP contribution is -2.56. The number of piperazine rings is 1. The summed E-state index contributed by atoms with van der Waals surface area (Å²) in [5, 5.41) is 5.67. The maximum atomic E-state index is 13.3. The van der Waals surface area contributed by atoms with Crippen LogP contribution in [0.2, 0.25) is 0 Å². The van der Waals surface area contributed by atoms with Gasteiger partial charge in [0.25, 0.3) is 0 Å². The van der Waals surface area contributed by atoms with E-state index in [0.29, 0.717) is 11.8 Å². The molecule has 1 N–H and O–H groups in total. The molecule has 4 rings (SSSR count). The highest BCUT2D eigenvalue weighted by molar-refractivity contribution is 7.09. The van der Waals surface area contributed by atoms with E-state index in [-0.39, 0.29) is 30.2 Å². The number of fused-ring (bicyclic) bond motifs is 1. The lowest BCUT2D eigenvalue weighted by molar-refractivity contribution is -0.147. The topological polar surface area (TPSA) is 35.6 Å². The third-order valence-corrected chi connectivity index (χ3v) is 7.31. The summed E-state index contributed by atoms with van der Waals surface area (Å²) in [6.07, 6.45) is 6.01. The molecule has 0 spiro atoms. The molecule has 1 amide bonds. The van der Waals surface area contributed by atoms with Crippen LogP contribution < -0.4 is 5.32 Å². The Bertz CT molecular complexity index is 563. The summed E-state index contributed by atoms with van der Waals surface area (Å²) in [5.41, 5.74) is -0.0720. The second-order valence-corrected chi connectivity index (χ2v) is 8.73. The molecule has 3 aliphatic rings. The van der Waals surface area contributed by atoms with Gasteiger partial charge in [0.1, 0.15) is 0 Å². The van der Waals surface area contributed by atoms with Gasteiger partial charge in [0.05, 0.1) is 5.41 Å². The molecule has 1 aromatic rings. The van der Waals surface area contributed by atoms with E-state index in [1.807, 2.05) is 11.3 Å². The highest BCUT2D eigenvalue weighted by Gasteiger charge is 2.51. The standard InChI is InChI=1S/C19H29N3OS.2ClH/c23-18(19-7-2-1-4-16(19)14-20-15-19)22-11-9-21(10-12-22)8-6-17-5-3-13-24-17;;/h3,5,13,16,20H,1-2,4,6-12,14-15H2;2*1H/t16-,19+;;/m0../s1. The Hall–Kier alpha value is -0.330. The van der Waals surface area contributed by atoms with Crippen LogP contribution in [0.25, 0.3) is 0 Å². The largest absolute Gasteiger partial charge is 0.340 e. The van der Waals surface area contributed by atoms with Crippen LogP contribution in [0.4, 0.5) is 0 Å². The van der Waals surface area contributed by atoms with Crippen molar-refractivity contribution in [1.82, 2.24) is 15.1 Å². The number of carbonyl (C=O) groups is 1. The van der Waals surface area contributed by atoms with Crippen LogP contribution in [0.15, 0.2) is 17.5 Å². The first-order chi connectivity index (χ1) is 11.8. The van der Waals surface area contributed by atoms with E-state index in [1.54, 1.807) is 0 Å². The molecule has 2 aliphatic heterocycles. The van der Waals surface area contributed by atoms with Crippen LogP contribution >= 0.6 is 36.2 Å². The number of carbonyl (C=O) groups excluding carboxylic acids is 1. The predicted octanol–water partition coefficient (Wildman–Crippen LogP) is 3.06. The van der Waals surface area contributed by atoms with E-state index in [9.17, 15) is 4.79 Å². The number of rotatable bonds is 4. The fourth-order valence-corrected chi connectivity index (χ4v) is 5.58. The van der Waals surface area contributed by atoms with Gasteiger partial charge < -0.3 is 10.2 Å². The molecule has 3 heterocycles. The van der Waals surface area contributed by atoms with Crippen LogP contribution in [0.1, 0.15) is 30.6 Å². The van der Waals surface area contributed by atoms with E-state index >= 15 is 0 Å². The molecule has 0 aromatic carbocycles. The van der Waals surface area contributed by atoms with E-state index < -0.39 is 0 Å². The van der Waals surface area contributed by atoms with Gasteiger partial charge in [-0.1, -0.05) is 18.9 Å². The van der Waals surface area contributed by atoms with Crippen molar-refractivity contribution < 1.29 is 4.79 Å². The Morgan fingerprint density at radius 3 is 2.77 bits per heavy atom. The molecule has 2 saturated heterocycles. The Morgan fingerprint density at radius 1 is 1.23 bits per heavy atom. The third-order valence-electron chi connectivity index (χ3n) is 6.38. The average molecular weight is 420 g/mol. The zero-order valence-electron chi connectivity index (χ0n) is 15.3. The molecule has 148 valence electrons. The average Bonchev–Trinajstić information content (AvgIpc) is 3.29. The monoisotopic (exact) mass is 419 g/mol. The van der Waals surface area contributed by atoms with Crippen LogP contribution in [0.5, 0.6) is 0 Å². The van der Waals surface area contributed by atoms with E-state index in [4.69, 9.17) is 0 Å². The Labute approximate surface area is 173 Å². The number of halogens is 2. The first-order valence-corrected chi connectivity index (χ1v) is 10.4. The quantitative estimate of drug-likeness (QED) is 0.814. The van der Waals surface area contributed by atoms with Gasteiger partial charge in [-0.3, -0.25) is 9.69 Å². The van der Waals surface area contributed by atoms with Crippen molar-refractivity contribution in [3.8, 4) is 0 Å². The summed E-state index contributed by atoms with van der Waals surface area (Å²) in [7, 11) is 0. The summed E-state index contributed by atoms with van der Waals surface area (Å²) in [4.78, 5) is 19.4. The van der Waals surface area contributed by atoms with Crippen LogP contribution in [-0.4, -0.2) is 61.5 Å². The maximum absolute atomic E-state index is 13.3. The molecule has 4 nitrogen and oxygen atoms in total. The summed E-state index contributed by atoms with van der Waals surface area (Å²) >= 11 is 1.85. The summed E-state index contributed by atoms with van der Waals surface area (Å²) < 4.78 is 0. The molecule has 0 bridgehead atoms. The fraction of sp³-hybridized carbons (Fsp3) is 0.737. The Morgan fingerprint density at radius 2 is 2.04 bits per heavy atom. The molecule has 0 unspecified atom stereocenters. The van der Waals surface area contributed by atoms with Gasteiger partial charge in [0.2, 0.25) is 5.91 Å². The van der Waals surface area contributed by atoms with E-state index in [0.717, 1.165) is 58.7 Å². The fourth-order valence-electron chi connectivity index (χ4n) is 4.88. The minimum Gasteiger partial charge on any atom is -0.340 e. The molecule has 1 aliphatic carbocycles. The Kier molecular flexibility index (Phi) is 8.23. The summed E-state index contributed by atoms with van der Waals surface area (Å²) in [6.45, 7) is 6.98. The SMILES string of the molecule is Cl.Cl.O=C(N1CCN(CCc2cccs2)CC1)[C@@]12CCCC[C@H]1CNC2. The van der Waals surface area contributed by atoms with Crippen LogP contribution in [0, 0.1) is 11.3 Å². The van der Waals surface area contributed by atoms with Crippen molar-refractivity contribution in [2.24, 2.45) is 11.3 Å². The first-order valence-electron chi connectivity index (χ1n) is 9.53. The summed E-state index contributed by atoms with van der Waals surface area (Å²) in [6, 6.07) is 4.35. The van der Waals surface area contributed by atoms with Crippen molar-refractivity contribution in [2.75, 3.05) is 45.8 Å². The summed E-state index contributed by atoms with van der Waals surface area (Å²) in [5.74, 6) is 1.03. The molecule has 0 radical (unpaired) electrons. The molecule has 7 heteroatoms. The van der Waals surface area contributed by atoms with Gasteiger partial charge >= 0.3 is 0 Å². The molecular formula is C19H31Cl2N3OS. The minimum absolute atomic E-state index is 0. The zero-order chi connectivity index (χ0) is 16.4. The smallest absolute Gasteiger partial charge is 0.230 e. The van der Waals surface area contributed by atoms with E-state index in [2.05, 4.69) is 32.6 Å². The van der Waals surface area contributed by atoms with Crippen molar-refractivity contribution >= 4 is 42.1 Å². The highest BCUT2D eigenvalue weighted by atomic mass is 35.5. The van der Waals surface area contributed by atoms with Gasteiger partial charge in [0.15, 0.2) is 0 Å². The van der Waals surface area contributed by atoms with Crippen LogP contribution in [0.3, 0.4) is 0 Å². The number of amides is 1. The van der Waals surface area contributed by atoms with Gasteiger partial charge in [-0.25, -0.2) is 0 Å². The van der Waals surface area contributed by atoms with Gasteiger partial charge in [0, 0.05) is 44.1 Å². The van der Waals surface area contributed by atoms with E-state index in [1.165, 1.54) is 24.1 Å². The molecular weight excluding hydrogens is 389 g/mol. The highest BCUT2D eigenvalue weighted by Crippen LogP contribution is 2.45. The van der Waals surface area contributed by atoms with Gasteiger partial charge in [-0.15, -0.1) is 36.2 Å². The van der Waals surface area contributed by atoms with Gasteiger partial charge in [-0.2, -0.15) is 0 Å². The van der Waals surface area contributed by atoms with Gasteiger partial charge in [-0.05, 0) is 43.2 Å². The lowest BCUT2D eigenvalue weighted by Gasteiger charge is -2.43. The molecule has 3 fully saturated rings. The Balaban J connectivity index is 0.00000121. The number of nitrogens with one attached hydrogen (secondary N) is 1. The zero-order valence-corrected chi connectivity index (χ0v) is 17.8. The van der Waals surface area contributed by atoms with Crippen molar-refractivity contribution in [1.29, 1.82) is 0 Å². The third kappa shape index (κ3) is 4.39. The normalized spacial score (nSPS) is 28.8. The molecule has 2 atom stereocenters. The minimum atomic E-state index is -0.0720. The maximum Gasteiger partial charge on any atom is 0.230 e. The molecule has 1 saturated carbocycles. The van der Waals surface area contributed by atoms with Crippen molar-refractivity contribution in [3.63, 3.8) is 0 Å². The lowest BCUT2D eigenvalue weighted by atomic mass is 9.67.